The number of benzene rings is 1. The molecule has 2 fully saturated rings. The Morgan fingerprint density at radius 3 is 2.50 bits per heavy atom. The predicted molar refractivity (Wildman–Crippen MR) is 134 cm³/mol. The highest BCUT2D eigenvalue weighted by Gasteiger charge is 2.47. The summed E-state index contributed by atoms with van der Waals surface area (Å²) in [4.78, 5) is 9.49. The van der Waals surface area contributed by atoms with Crippen molar-refractivity contribution >= 4 is 28.8 Å². The van der Waals surface area contributed by atoms with E-state index in [1.54, 1.807) is 0 Å². The van der Waals surface area contributed by atoms with Crippen LogP contribution in [0.4, 0.5) is 0 Å². The highest BCUT2D eigenvalue weighted by molar-refractivity contribution is 7.99. The number of aromatic nitrogens is 2. The van der Waals surface area contributed by atoms with Crippen molar-refractivity contribution in [3.8, 4) is 0 Å². The van der Waals surface area contributed by atoms with Crippen LogP contribution in [0.15, 0.2) is 46.1 Å². The van der Waals surface area contributed by atoms with E-state index in [0.717, 1.165) is 54.5 Å². The summed E-state index contributed by atoms with van der Waals surface area (Å²) < 4.78 is 17.5. The molecule has 0 bridgehead atoms. The quantitative estimate of drug-likeness (QED) is 0.392. The normalized spacial score (nSPS) is 27.6. The van der Waals surface area contributed by atoms with Crippen LogP contribution in [-0.4, -0.2) is 30.7 Å². The smallest absolute Gasteiger partial charge is 0.144 e. The van der Waals surface area contributed by atoms with Gasteiger partial charge in [-0.2, -0.15) is 0 Å². The number of nitrogens with zero attached hydrogens (tertiary/aromatic N) is 3. The van der Waals surface area contributed by atoms with E-state index in [9.17, 15) is 4.55 Å². The fourth-order valence-corrected chi connectivity index (χ4v) is 6.71. The van der Waals surface area contributed by atoms with Gasteiger partial charge in [-0.3, -0.25) is 4.98 Å². The SMILES string of the molecule is CC(C)(C)[S@@+]([O-])N=C1c2ccccc2CC12CCC(c1cnc(SCC3CC3)cn1)CC2. The molecule has 4 nitrogen and oxygen atoms in total. The Bertz CT molecular complexity index is 987. The Balaban J connectivity index is 1.32. The molecule has 170 valence electrons. The van der Waals surface area contributed by atoms with Gasteiger partial charge in [-0.05, 0) is 77.2 Å². The molecule has 0 saturated heterocycles. The molecule has 2 aromatic rings. The molecule has 1 atom stereocenters. The van der Waals surface area contributed by atoms with Gasteiger partial charge < -0.3 is 4.55 Å². The summed E-state index contributed by atoms with van der Waals surface area (Å²) in [5, 5.41) is 1.05. The van der Waals surface area contributed by atoms with Crippen molar-refractivity contribution in [3.63, 3.8) is 0 Å². The lowest BCUT2D eigenvalue weighted by Gasteiger charge is -2.37. The summed E-state index contributed by atoms with van der Waals surface area (Å²) in [6.45, 7) is 6.01. The first-order valence-electron chi connectivity index (χ1n) is 11.9. The van der Waals surface area contributed by atoms with Crippen molar-refractivity contribution < 1.29 is 4.55 Å². The highest BCUT2D eigenvalue weighted by atomic mass is 32.2. The number of thioether (sulfide) groups is 1. The zero-order valence-corrected chi connectivity index (χ0v) is 21.0. The zero-order valence-electron chi connectivity index (χ0n) is 19.3. The van der Waals surface area contributed by atoms with Crippen LogP contribution in [0.5, 0.6) is 0 Å². The van der Waals surface area contributed by atoms with E-state index in [4.69, 9.17) is 14.4 Å². The summed E-state index contributed by atoms with van der Waals surface area (Å²) in [6.07, 6.45) is 12.0. The van der Waals surface area contributed by atoms with Crippen LogP contribution >= 0.6 is 11.8 Å². The molecule has 3 aliphatic carbocycles. The Kier molecular flexibility index (Phi) is 6.14. The third-order valence-corrected chi connectivity index (χ3v) is 9.72. The van der Waals surface area contributed by atoms with Gasteiger partial charge in [-0.1, -0.05) is 28.7 Å². The van der Waals surface area contributed by atoms with Gasteiger partial charge in [0.25, 0.3) is 0 Å². The molecule has 0 amide bonds. The van der Waals surface area contributed by atoms with E-state index >= 15 is 0 Å². The molecule has 0 aliphatic heterocycles. The average molecular weight is 468 g/mol. The van der Waals surface area contributed by atoms with Gasteiger partial charge in [0.15, 0.2) is 0 Å². The van der Waals surface area contributed by atoms with E-state index in [2.05, 4.69) is 24.3 Å². The topological polar surface area (TPSA) is 61.2 Å². The number of fused-ring (bicyclic) bond motifs is 1. The van der Waals surface area contributed by atoms with E-state index in [0.29, 0.717) is 5.92 Å². The molecular formula is C26H33N3OS2. The molecule has 2 saturated carbocycles. The van der Waals surface area contributed by atoms with E-state index in [1.165, 1.54) is 29.7 Å². The molecule has 32 heavy (non-hydrogen) atoms. The van der Waals surface area contributed by atoms with Crippen LogP contribution in [0.3, 0.4) is 0 Å². The van der Waals surface area contributed by atoms with Gasteiger partial charge in [0.1, 0.15) is 26.8 Å². The predicted octanol–water partition coefficient (Wildman–Crippen LogP) is 6.13. The minimum absolute atomic E-state index is 0.00851. The largest absolute Gasteiger partial charge is 0.591 e. The number of hydrogen-bond donors (Lipinski definition) is 0. The third kappa shape index (κ3) is 4.64. The van der Waals surface area contributed by atoms with Crippen molar-refractivity contribution in [2.75, 3.05) is 5.75 Å². The Labute approximate surface area is 199 Å². The maximum absolute atomic E-state index is 13.0. The van der Waals surface area contributed by atoms with E-state index in [-0.39, 0.29) is 10.2 Å². The number of rotatable bonds is 5. The molecular weight excluding hydrogens is 434 g/mol. The Hall–Kier alpha value is -1.37. The lowest BCUT2D eigenvalue weighted by molar-refractivity contribution is 0.264. The molecule has 3 aliphatic rings. The fourth-order valence-electron chi connectivity index (χ4n) is 4.98. The summed E-state index contributed by atoms with van der Waals surface area (Å²) in [5.74, 6) is 2.53. The molecule has 0 N–H and O–H groups in total. The first kappa shape index (κ1) is 22.4. The third-order valence-electron chi connectivity index (χ3n) is 7.17. The summed E-state index contributed by atoms with van der Waals surface area (Å²) in [5.41, 5.74) is 4.78. The maximum atomic E-state index is 13.0. The lowest BCUT2D eigenvalue weighted by atomic mass is 9.67. The Morgan fingerprint density at radius 1 is 1.09 bits per heavy atom. The van der Waals surface area contributed by atoms with Crippen molar-refractivity contribution in [1.29, 1.82) is 0 Å². The van der Waals surface area contributed by atoms with E-state index < -0.39 is 11.4 Å². The maximum Gasteiger partial charge on any atom is 0.144 e. The second-order valence-electron chi connectivity index (χ2n) is 10.7. The molecule has 6 heteroatoms. The van der Waals surface area contributed by atoms with E-state index in [1.807, 2.05) is 44.9 Å². The van der Waals surface area contributed by atoms with Gasteiger partial charge in [0, 0.05) is 28.8 Å². The highest BCUT2D eigenvalue weighted by Crippen LogP contribution is 2.51. The standard InChI is InChI=1S/C26H33N3OS2/c1-25(2,3)32(30)29-24-21-7-5-4-6-20(21)14-26(24)12-10-19(11-13-26)22-15-28-23(16-27-22)31-17-18-8-9-18/h4-7,15-16,18-19H,8-14,17H2,1-3H3/t19?,26?,32-/m1/s1. The van der Waals surface area contributed by atoms with Crippen LogP contribution in [0.1, 0.15) is 82.0 Å². The van der Waals surface area contributed by atoms with Crippen molar-refractivity contribution in [2.24, 2.45) is 15.7 Å². The first-order chi connectivity index (χ1) is 15.3. The molecule has 1 heterocycles. The summed E-state index contributed by atoms with van der Waals surface area (Å²) in [7, 11) is 0. The average Bonchev–Trinajstić information content (AvgIpc) is 3.57. The van der Waals surface area contributed by atoms with Crippen LogP contribution in [0.25, 0.3) is 0 Å². The first-order valence-corrected chi connectivity index (χ1v) is 14.0. The van der Waals surface area contributed by atoms with Crippen molar-refractivity contribution in [1.82, 2.24) is 9.97 Å². The van der Waals surface area contributed by atoms with Gasteiger partial charge in [0.2, 0.25) is 0 Å². The van der Waals surface area contributed by atoms with Crippen molar-refractivity contribution in [3.05, 3.63) is 53.5 Å². The van der Waals surface area contributed by atoms with Crippen LogP contribution < -0.4 is 0 Å². The minimum atomic E-state index is -1.25. The second-order valence-corrected chi connectivity index (χ2v) is 13.7. The fraction of sp³-hybridized carbons (Fsp3) is 0.577. The molecule has 0 unspecified atom stereocenters. The van der Waals surface area contributed by atoms with Crippen LogP contribution in [0, 0.1) is 11.3 Å². The lowest BCUT2D eigenvalue weighted by Crippen LogP contribution is -2.36. The molecule has 1 aromatic carbocycles. The molecule has 5 rings (SSSR count). The summed E-state index contributed by atoms with van der Waals surface area (Å²) in [6, 6.07) is 8.57. The summed E-state index contributed by atoms with van der Waals surface area (Å²) >= 11 is 0.597. The van der Waals surface area contributed by atoms with Gasteiger partial charge in [0.05, 0.1) is 11.9 Å². The van der Waals surface area contributed by atoms with Gasteiger partial charge in [-0.25, -0.2) is 4.98 Å². The molecule has 1 spiro atoms. The van der Waals surface area contributed by atoms with Crippen molar-refractivity contribution in [2.45, 2.75) is 81.4 Å². The second kappa shape index (κ2) is 8.77. The number of hydrogen-bond acceptors (Lipinski definition) is 5. The van der Waals surface area contributed by atoms with Crippen LogP contribution in [-0.2, 0) is 17.8 Å². The Morgan fingerprint density at radius 2 is 1.84 bits per heavy atom. The molecule has 1 aromatic heterocycles. The minimum Gasteiger partial charge on any atom is -0.591 e. The monoisotopic (exact) mass is 467 g/mol. The van der Waals surface area contributed by atoms with Crippen LogP contribution in [0.2, 0.25) is 0 Å². The zero-order chi connectivity index (χ0) is 22.3. The van der Waals surface area contributed by atoms with Gasteiger partial charge in [-0.15, -0.1) is 11.8 Å². The molecule has 0 radical (unpaired) electrons. The van der Waals surface area contributed by atoms with Gasteiger partial charge >= 0.3 is 0 Å².